The first-order chi connectivity index (χ1) is 9.33. The summed E-state index contributed by atoms with van der Waals surface area (Å²) in [5.74, 6) is 0. The van der Waals surface area contributed by atoms with E-state index in [1.54, 1.807) is 4.90 Å². The van der Waals surface area contributed by atoms with E-state index in [0.29, 0.717) is 19.5 Å². The maximum Gasteiger partial charge on any atom is 0.410 e. The zero-order chi connectivity index (χ0) is 15.2. The quantitative estimate of drug-likeness (QED) is 0.888. The number of rotatable bonds is 5. The normalized spacial score (nSPS) is 11.2. The van der Waals surface area contributed by atoms with Gasteiger partial charge in [0.25, 0.3) is 0 Å². The van der Waals surface area contributed by atoms with Crippen LogP contribution in [0.4, 0.5) is 4.79 Å². The number of hydrogen-bond donors (Lipinski definition) is 1. The van der Waals surface area contributed by atoms with Gasteiger partial charge in [0.1, 0.15) is 5.60 Å². The maximum absolute atomic E-state index is 12.2. The van der Waals surface area contributed by atoms with E-state index in [0.717, 1.165) is 10.0 Å². The zero-order valence-corrected chi connectivity index (χ0v) is 13.8. The fourth-order valence-electron chi connectivity index (χ4n) is 1.66. The summed E-state index contributed by atoms with van der Waals surface area (Å²) in [5, 5.41) is 8.96. The fourth-order valence-corrected chi connectivity index (χ4v) is 2.07. The number of halogens is 1. The van der Waals surface area contributed by atoms with Crippen molar-refractivity contribution in [2.75, 3.05) is 13.2 Å². The van der Waals surface area contributed by atoms with E-state index in [2.05, 4.69) is 15.9 Å². The fraction of sp³-hybridized carbons (Fsp3) is 0.533. The molecule has 1 aromatic carbocycles. The molecule has 0 aliphatic carbocycles. The number of benzene rings is 1. The van der Waals surface area contributed by atoms with Gasteiger partial charge in [-0.25, -0.2) is 4.79 Å². The van der Waals surface area contributed by atoms with Crippen LogP contribution in [0.3, 0.4) is 0 Å². The van der Waals surface area contributed by atoms with Crippen molar-refractivity contribution in [1.82, 2.24) is 4.90 Å². The molecule has 0 aliphatic heterocycles. The lowest BCUT2D eigenvalue weighted by Crippen LogP contribution is -2.37. The minimum Gasteiger partial charge on any atom is -0.444 e. The number of aliphatic hydroxyl groups excluding tert-OH is 1. The van der Waals surface area contributed by atoms with Gasteiger partial charge in [-0.1, -0.05) is 34.1 Å². The van der Waals surface area contributed by atoms with Crippen LogP contribution >= 0.6 is 15.9 Å². The summed E-state index contributed by atoms with van der Waals surface area (Å²) in [6.45, 7) is 6.49. The number of carbonyl (C=O) groups excluding carboxylic acids is 1. The van der Waals surface area contributed by atoms with Crippen LogP contribution in [0.25, 0.3) is 0 Å². The summed E-state index contributed by atoms with van der Waals surface area (Å²) >= 11 is 3.48. The monoisotopic (exact) mass is 343 g/mol. The largest absolute Gasteiger partial charge is 0.444 e. The summed E-state index contributed by atoms with van der Waals surface area (Å²) in [6.07, 6.45) is 0.172. The predicted octanol–water partition coefficient (Wildman–Crippen LogP) is 3.57. The van der Waals surface area contributed by atoms with Crippen LogP contribution in [0, 0.1) is 0 Å². The summed E-state index contributed by atoms with van der Waals surface area (Å²) in [7, 11) is 0. The van der Waals surface area contributed by atoms with Gasteiger partial charge in [-0.05, 0) is 38.8 Å². The minimum atomic E-state index is -0.525. The summed E-state index contributed by atoms with van der Waals surface area (Å²) in [5.41, 5.74) is 0.485. The molecule has 0 aromatic heterocycles. The van der Waals surface area contributed by atoms with Gasteiger partial charge in [0.2, 0.25) is 0 Å². The number of amides is 1. The molecule has 0 heterocycles. The first-order valence-corrected chi connectivity index (χ1v) is 7.45. The molecule has 0 spiro atoms. The molecule has 0 radical (unpaired) electrons. The summed E-state index contributed by atoms with van der Waals surface area (Å²) in [6, 6.07) is 7.76. The van der Waals surface area contributed by atoms with Crippen molar-refractivity contribution in [2.24, 2.45) is 0 Å². The minimum absolute atomic E-state index is 0.0509. The van der Waals surface area contributed by atoms with Crippen LogP contribution in [-0.2, 0) is 11.3 Å². The molecule has 0 saturated heterocycles. The van der Waals surface area contributed by atoms with Crippen molar-refractivity contribution in [3.63, 3.8) is 0 Å². The Balaban J connectivity index is 2.79. The van der Waals surface area contributed by atoms with Gasteiger partial charge in [0, 0.05) is 17.6 Å². The highest BCUT2D eigenvalue weighted by atomic mass is 79.9. The molecule has 0 saturated carbocycles. The predicted molar refractivity (Wildman–Crippen MR) is 82.5 cm³/mol. The summed E-state index contributed by atoms with van der Waals surface area (Å²) in [4.78, 5) is 13.8. The number of carbonyl (C=O) groups is 1. The standard InChI is InChI=1S/C15H22BrNO3/c1-15(2,3)20-14(19)17(9-6-10-18)11-12-7-4-5-8-13(12)16/h4-5,7-8,18H,6,9-11H2,1-3H3. The molecule has 112 valence electrons. The highest BCUT2D eigenvalue weighted by Gasteiger charge is 2.22. The van der Waals surface area contributed by atoms with E-state index >= 15 is 0 Å². The Kier molecular flexibility index (Phi) is 6.49. The van der Waals surface area contributed by atoms with Gasteiger partial charge in [-0.3, -0.25) is 0 Å². The topological polar surface area (TPSA) is 49.8 Å². The summed E-state index contributed by atoms with van der Waals surface area (Å²) < 4.78 is 6.36. The Morgan fingerprint density at radius 3 is 2.55 bits per heavy atom. The van der Waals surface area contributed by atoms with Crippen molar-refractivity contribution in [3.8, 4) is 0 Å². The van der Waals surface area contributed by atoms with E-state index in [1.165, 1.54) is 0 Å². The van der Waals surface area contributed by atoms with Crippen molar-refractivity contribution in [2.45, 2.75) is 39.3 Å². The van der Waals surface area contributed by atoms with Crippen LogP contribution in [0.15, 0.2) is 28.7 Å². The second-order valence-electron chi connectivity index (χ2n) is 5.57. The van der Waals surface area contributed by atoms with Crippen LogP contribution in [0.5, 0.6) is 0 Å². The second-order valence-corrected chi connectivity index (χ2v) is 6.42. The number of aliphatic hydroxyl groups is 1. The van der Waals surface area contributed by atoms with Crippen LogP contribution in [-0.4, -0.2) is 34.9 Å². The average Bonchev–Trinajstić information content (AvgIpc) is 2.34. The van der Waals surface area contributed by atoms with Gasteiger partial charge in [0.15, 0.2) is 0 Å². The third-order valence-corrected chi connectivity index (χ3v) is 3.33. The number of hydrogen-bond acceptors (Lipinski definition) is 3. The first-order valence-electron chi connectivity index (χ1n) is 6.65. The van der Waals surface area contributed by atoms with Gasteiger partial charge >= 0.3 is 6.09 Å². The third-order valence-electron chi connectivity index (χ3n) is 2.56. The first kappa shape index (κ1) is 17.0. The lowest BCUT2D eigenvalue weighted by atomic mass is 10.2. The van der Waals surface area contributed by atoms with Crippen LogP contribution < -0.4 is 0 Å². The van der Waals surface area contributed by atoms with E-state index in [9.17, 15) is 4.79 Å². The Hall–Kier alpha value is -1.07. The Morgan fingerprint density at radius 2 is 2.00 bits per heavy atom. The zero-order valence-electron chi connectivity index (χ0n) is 12.2. The molecule has 1 aromatic rings. The van der Waals surface area contributed by atoms with Crippen molar-refractivity contribution in [3.05, 3.63) is 34.3 Å². The number of nitrogens with zero attached hydrogens (tertiary/aromatic N) is 1. The highest BCUT2D eigenvalue weighted by Crippen LogP contribution is 2.19. The van der Waals surface area contributed by atoms with Crippen molar-refractivity contribution in [1.29, 1.82) is 0 Å². The third kappa shape index (κ3) is 5.92. The van der Waals surface area contributed by atoms with Gasteiger partial charge in [0.05, 0.1) is 6.54 Å². The second kappa shape index (κ2) is 7.64. The molecule has 20 heavy (non-hydrogen) atoms. The SMILES string of the molecule is CC(C)(C)OC(=O)N(CCCO)Cc1ccccc1Br. The lowest BCUT2D eigenvalue weighted by molar-refractivity contribution is 0.0223. The number of ether oxygens (including phenoxy) is 1. The maximum atomic E-state index is 12.2. The lowest BCUT2D eigenvalue weighted by Gasteiger charge is -2.27. The van der Waals surface area contributed by atoms with E-state index < -0.39 is 5.60 Å². The molecule has 0 aliphatic rings. The Morgan fingerprint density at radius 1 is 1.35 bits per heavy atom. The van der Waals surface area contributed by atoms with E-state index in [-0.39, 0.29) is 12.7 Å². The molecule has 0 atom stereocenters. The van der Waals surface area contributed by atoms with Gasteiger partial charge in [-0.15, -0.1) is 0 Å². The van der Waals surface area contributed by atoms with Gasteiger partial charge in [-0.2, -0.15) is 0 Å². The molecular weight excluding hydrogens is 322 g/mol. The average molecular weight is 344 g/mol. The Labute approximate surface area is 128 Å². The molecule has 0 unspecified atom stereocenters. The molecule has 0 bridgehead atoms. The molecule has 1 amide bonds. The van der Waals surface area contributed by atoms with Crippen molar-refractivity contribution >= 4 is 22.0 Å². The molecule has 5 heteroatoms. The van der Waals surface area contributed by atoms with E-state index in [1.807, 2.05) is 45.0 Å². The van der Waals surface area contributed by atoms with Gasteiger partial charge < -0.3 is 14.7 Å². The molecule has 0 fully saturated rings. The highest BCUT2D eigenvalue weighted by molar-refractivity contribution is 9.10. The van der Waals surface area contributed by atoms with Crippen LogP contribution in [0.1, 0.15) is 32.8 Å². The molecular formula is C15H22BrNO3. The Bertz CT molecular complexity index is 443. The van der Waals surface area contributed by atoms with Crippen molar-refractivity contribution < 1.29 is 14.6 Å². The van der Waals surface area contributed by atoms with Crippen LogP contribution in [0.2, 0.25) is 0 Å². The smallest absolute Gasteiger partial charge is 0.410 e. The molecule has 4 nitrogen and oxygen atoms in total. The van der Waals surface area contributed by atoms with E-state index in [4.69, 9.17) is 9.84 Å². The molecule has 1 N–H and O–H groups in total. The molecule has 1 rings (SSSR count).